The summed E-state index contributed by atoms with van der Waals surface area (Å²) in [5, 5.41) is 0. The molecule has 1 aliphatic rings. The summed E-state index contributed by atoms with van der Waals surface area (Å²) in [7, 11) is 0. The Morgan fingerprint density at radius 1 is 1.50 bits per heavy atom. The van der Waals surface area contributed by atoms with Crippen LogP contribution in [0, 0.1) is 0 Å². The molecule has 1 heterocycles. The molecule has 0 radical (unpaired) electrons. The average Bonchev–Trinajstić information content (AvgIpc) is 2.73. The van der Waals surface area contributed by atoms with Crippen LogP contribution in [0.1, 0.15) is 17.3 Å². The lowest BCUT2D eigenvalue weighted by Crippen LogP contribution is -2.20. The standard InChI is InChI=1S/C12H14O4/c1-9-14-7-11(16-9)8-15-12-5-3-2-4-10(12)6-13/h2-6,9,11H,7-8H2,1H3. The molecule has 1 aromatic rings. The summed E-state index contributed by atoms with van der Waals surface area (Å²) >= 11 is 0. The second-order valence-corrected chi connectivity index (χ2v) is 3.63. The predicted molar refractivity (Wildman–Crippen MR) is 57.6 cm³/mol. The molecule has 1 aromatic carbocycles. The maximum Gasteiger partial charge on any atom is 0.155 e. The summed E-state index contributed by atoms with van der Waals surface area (Å²) in [6.07, 6.45) is 0.550. The van der Waals surface area contributed by atoms with E-state index >= 15 is 0 Å². The number of carbonyl (C=O) groups excluding carboxylic acids is 1. The number of benzene rings is 1. The molecular weight excluding hydrogens is 208 g/mol. The van der Waals surface area contributed by atoms with E-state index in [0.29, 0.717) is 24.5 Å². The van der Waals surface area contributed by atoms with Gasteiger partial charge in [0.2, 0.25) is 0 Å². The van der Waals surface area contributed by atoms with Gasteiger partial charge in [0.05, 0.1) is 12.2 Å². The van der Waals surface area contributed by atoms with Crippen molar-refractivity contribution in [1.29, 1.82) is 0 Å². The van der Waals surface area contributed by atoms with Crippen molar-refractivity contribution in [3.63, 3.8) is 0 Å². The highest BCUT2D eigenvalue weighted by Gasteiger charge is 2.23. The van der Waals surface area contributed by atoms with Crippen molar-refractivity contribution in [2.45, 2.75) is 19.3 Å². The molecule has 2 atom stereocenters. The molecule has 4 heteroatoms. The molecule has 1 fully saturated rings. The number of hydrogen-bond donors (Lipinski definition) is 0. The van der Waals surface area contributed by atoms with Gasteiger partial charge in [0.15, 0.2) is 12.6 Å². The maximum absolute atomic E-state index is 10.7. The normalized spacial score (nSPS) is 24.3. The monoisotopic (exact) mass is 222 g/mol. The summed E-state index contributed by atoms with van der Waals surface area (Å²) in [4.78, 5) is 10.7. The van der Waals surface area contributed by atoms with Gasteiger partial charge in [0.25, 0.3) is 0 Å². The molecule has 0 bridgehead atoms. The van der Waals surface area contributed by atoms with Gasteiger partial charge in [-0.05, 0) is 19.1 Å². The van der Waals surface area contributed by atoms with Gasteiger partial charge < -0.3 is 14.2 Å². The van der Waals surface area contributed by atoms with Crippen molar-refractivity contribution >= 4 is 6.29 Å². The van der Waals surface area contributed by atoms with Crippen LogP contribution in [0.25, 0.3) is 0 Å². The van der Waals surface area contributed by atoms with Gasteiger partial charge >= 0.3 is 0 Å². The van der Waals surface area contributed by atoms with Crippen molar-refractivity contribution < 1.29 is 19.0 Å². The lowest BCUT2D eigenvalue weighted by atomic mass is 10.2. The molecule has 0 amide bonds. The Hall–Kier alpha value is -1.39. The van der Waals surface area contributed by atoms with Gasteiger partial charge in [-0.1, -0.05) is 12.1 Å². The molecule has 4 nitrogen and oxygen atoms in total. The van der Waals surface area contributed by atoms with Crippen molar-refractivity contribution in [2.75, 3.05) is 13.2 Å². The third kappa shape index (κ3) is 2.59. The lowest BCUT2D eigenvalue weighted by molar-refractivity contribution is -0.0487. The van der Waals surface area contributed by atoms with Crippen LogP contribution in [0.15, 0.2) is 24.3 Å². The van der Waals surface area contributed by atoms with E-state index in [1.807, 2.05) is 13.0 Å². The Kier molecular flexibility index (Phi) is 3.54. The van der Waals surface area contributed by atoms with E-state index in [1.165, 1.54) is 0 Å². The topological polar surface area (TPSA) is 44.8 Å². The fourth-order valence-corrected chi connectivity index (χ4v) is 1.57. The smallest absolute Gasteiger partial charge is 0.155 e. The number of rotatable bonds is 4. The quantitative estimate of drug-likeness (QED) is 0.726. The Bertz CT molecular complexity index is 364. The molecule has 1 saturated heterocycles. The maximum atomic E-state index is 10.7. The van der Waals surface area contributed by atoms with Gasteiger partial charge in [0.1, 0.15) is 18.5 Å². The van der Waals surface area contributed by atoms with E-state index in [1.54, 1.807) is 18.2 Å². The molecule has 0 aliphatic carbocycles. The average molecular weight is 222 g/mol. The first-order chi connectivity index (χ1) is 7.79. The van der Waals surface area contributed by atoms with E-state index in [9.17, 15) is 4.79 Å². The van der Waals surface area contributed by atoms with Crippen LogP contribution in [0.3, 0.4) is 0 Å². The Morgan fingerprint density at radius 2 is 2.31 bits per heavy atom. The number of carbonyl (C=O) groups is 1. The number of para-hydroxylation sites is 1. The molecular formula is C12H14O4. The van der Waals surface area contributed by atoms with E-state index in [0.717, 1.165) is 6.29 Å². The zero-order valence-corrected chi connectivity index (χ0v) is 9.09. The zero-order chi connectivity index (χ0) is 11.4. The molecule has 2 rings (SSSR count). The fraction of sp³-hybridized carbons (Fsp3) is 0.417. The third-order valence-corrected chi connectivity index (χ3v) is 2.37. The molecule has 0 saturated carbocycles. The van der Waals surface area contributed by atoms with Crippen molar-refractivity contribution in [1.82, 2.24) is 0 Å². The van der Waals surface area contributed by atoms with Gasteiger partial charge in [-0.3, -0.25) is 4.79 Å². The van der Waals surface area contributed by atoms with Crippen LogP contribution >= 0.6 is 0 Å². The minimum Gasteiger partial charge on any atom is -0.490 e. The van der Waals surface area contributed by atoms with Gasteiger partial charge in [0, 0.05) is 0 Å². The molecule has 86 valence electrons. The summed E-state index contributed by atoms with van der Waals surface area (Å²) in [5.41, 5.74) is 0.550. The fourth-order valence-electron chi connectivity index (χ4n) is 1.57. The highest BCUT2D eigenvalue weighted by molar-refractivity contribution is 5.79. The molecule has 1 aliphatic heterocycles. The van der Waals surface area contributed by atoms with E-state index in [2.05, 4.69) is 0 Å². The summed E-state index contributed by atoms with van der Waals surface area (Å²) in [5.74, 6) is 0.584. The predicted octanol–water partition coefficient (Wildman–Crippen LogP) is 1.64. The number of aldehydes is 1. The van der Waals surface area contributed by atoms with Crippen molar-refractivity contribution in [2.24, 2.45) is 0 Å². The van der Waals surface area contributed by atoms with Crippen LogP contribution in [0.5, 0.6) is 5.75 Å². The molecule has 0 spiro atoms. The van der Waals surface area contributed by atoms with E-state index < -0.39 is 0 Å². The van der Waals surface area contributed by atoms with Gasteiger partial charge in [-0.25, -0.2) is 0 Å². The third-order valence-electron chi connectivity index (χ3n) is 2.37. The van der Waals surface area contributed by atoms with Gasteiger partial charge in [-0.2, -0.15) is 0 Å². The van der Waals surface area contributed by atoms with E-state index in [4.69, 9.17) is 14.2 Å². The number of hydrogen-bond acceptors (Lipinski definition) is 4. The van der Waals surface area contributed by atoms with Crippen LogP contribution in [-0.2, 0) is 9.47 Å². The molecule has 0 N–H and O–H groups in total. The van der Waals surface area contributed by atoms with Crippen LogP contribution in [0.2, 0.25) is 0 Å². The largest absolute Gasteiger partial charge is 0.490 e. The number of ether oxygens (including phenoxy) is 3. The second kappa shape index (κ2) is 5.09. The van der Waals surface area contributed by atoms with Crippen LogP contribution in [-0.4, -0.2) is 31.9 Å². The zero-order valence-electron chi connectivity index (χ0n) is 9.09. The highest BCUT2D eigenvalue weighted by atomic mass is 16.7. The SMILES string of the molecule is CC1OCC(COc2ccccc2C=O)O1. The van der Waals surface area contributed by atoms with Crippen LogP contribution < -0.4 is 4.74 Å². The Balaban J connectivity index is 1.91. The minimum absolute atomic E-state index is 0.0605. The minimum atomic E-state index is -0.171. The second-order valence-electron chi connectivity index (χ2n) is 3.63. The highest BCUT2D eigenvalue weighted by Crippen LogP contribution is 2.18. The Morgan fingerprint density at radius 3 is 3.00 bits per heavy atom. The first kappa shape index (κ1) is 11.1. The Labute approximate surface area is 94.1 Å². The summed E-state index contributed by atoms with van der Waals surface area (Å²) in [6.45, 7) is 2.78. The molecule has 2 unspecified atom stereocenters. The first-order valence-electron chi connectivity index (χ1n) is 5.23. The molecule has 16 heavy (non-hydrogen) atoms. The van der Waals surface area contributed by atoms with E-state index in [-0.39, 0.29) is 12.4 Å². The van der Waals surface area contributed by atoms with Gasteiger partial charge in [-0.15, -0.1) is 0 Å². The lowest BCUT2D eigenvalue weighted by Gasteiger charge is -2.11. The summed E-state index contributed by atoms with van der Waals surface area (Å²) in [6, 6.07) is 7.12. The van der Waals surface area contributed by atoms with Crippen molar-refractivity contribution in [3.8, 4) is 5.75 Å². The van der Waals surface area contributed by atoms with Crippen LogP contribution in [0.4, 0.5) is 0 Å². The first-order valence-corrected chi connectivity index (χ1v) is 5.23. The van der Waals surface area contributed by atoms with Crippen molar-refractivity contribution in [3.05, 3.63) is 29.8 Å². The summed E-state index contributed by atoms with van der Waals surface area (Å²) < 4.78 is 16.2. The molecule has 0 aromatic heterocycles.